The molecule has 0 amide bonds. The normalized spacial score (nSPS) is 22.3. The van der Waals surface area contributed by atoms with Crippen molar-refractivity contribution in [2.75, 3.05) is 13.1 Å². The number of fused-ring (bicyclic) bond motifs is 1. The van der Waals surface area contributed by atoms with E-state index in [0.717, 1.165) is 37.2 Å². The summed E-state index contributed by atoms with van der Waals surface area (Å²) in [5.41, 5.74) is 3.40. The minimum Gasteiger partial charge on any atom is -0.374 e. The van der Waals surface area contributed by atoms with E-state index >= 15 is 0 Å². The molecule has 34 heavy (non-hydrogen) atoms. The molecule has 1 aromatic carbocycles. The lowest BCUT2D eigenvalue weighted by atomic mass is 9.75. The second kappa shape index (κ2) is 8.97. The van der Waals surface area contributed by atoms with E-state index in [4.69, 9.17) is 4.52 Å². The Kier molecular flexibility index (Phi) is 6.00. The van der Waals surface area contributed by atoms with Crippen LogP contribution in [0, 0.1) is 5.41 Å². The summed E-state index contributed by atoms with van der Waals surface area (Å²) in [5.74, 6) is 0.558. The molecular formula is C28H32N2O4. The Morgan fingerprint density at radius 1 is 1.00 bits per heavy atom. The summed E-state index contributed by atoms with van der Waals surface area (Å²) >= 11 is 0. The third kappa shape index (κ3) is 4.38. The fraction of sp³-hybridized carbons (Fsp3) is 0.500. The van der Waals surface area contributed by atoms with Gasteiger partial charge in [-0.3, -0.25) is 14.4 Å². The van der Waals surface area contributed by atoms with Crippen LogP contribution in [0.15, 0.2) is 46.1 Å². The Morgan fingerprint density at radius 3 is 2.35 bits per heavy atom. The predicted octanol–water partition coefficient (Wildman–Crippen LogP) is 4.83. The number of carbonyl (C=O) groups excluding carboxylic acids is 3. The fourth-order valence-electron chi connectivity index (χ4n) is 5.82. The maximum Gasteiger partial charge on any atom is 0.168 e. The van der Waals surface area contributed by atoms with Crippen molar-refractivity contribution < 1.29 is 18.9 Å². The summed E-state index contributed by atoms with van der Waals surface area (Å²) in [5, 5.41) is 4.24. The number of benzene rings is 1. The summed E-state index contributed by atoms with van der Waals surface area (Å²) in [6.45, 7) is 5.83. The summed E-state index contributed by atoms with van der Waals surface area (Å²) in [4.78, 5) is 41.7. The van der Waals surface area contributed by atoms with Crippen LogP contribution in [0.4, 0.5) is 0 Å². The Labute approximate surface area is 200 Å². The van der Waals surface area contributed by atoms with E-state index in [-0.39, 0.29) is 28.7 Å². The average molecular weight is 461 g/mol. The number of ketones is 3. The molecule has 1 aromatic heterocycles. The van der Waals surface area contributed by atoms with Crippen LogP contribution in [0.3, 0.4) is 0 Å². The molecule has 1 saturated heterocycles. The van der Waals surface area contributed by atoms with Gasteiger partial charge in [0.2, 0.25) is 0 Å². The SMILES string of the molecule is CC1(C)CC(=O)c2c(CCC(=C3C(=O)CC(c4ccccc4)CC3=O)N3CCCC3)noc2C1. The topological polar surface area (TPSA) is 80.5 Å². The van der Waals surface area contributed by atoms with E-state index in [1.807, 2.05) is 30.3 Å². The van der Waals surface area contributed by atoms with Gasteiger partial charge in [0.1, 0.15) is 5.76 Å². The highest BCUT2D eigenvalue weighted by Gasteiger charge is 2.38. The lowest BCUT2D eigenvalue weighted by Crippen LogP contribution is -2.31. The highest BCUT2D eigenvalue weighted by atomic mass is 16.5. The Balaban J connectivity index is 1.41. The first kappa shape index (κ1) is 22.8. The number of likely N-dealkylation sites (tertiary alicyclic amines) is 1. The number of allylic oxidation sites excluding steroid dienone is 2. The van der Waals surface area contributed by atoms with E-state index in [0.29, 0.717) is 61.1 Å². The number of aromatic nitrogens is 1. The molecule has 0 N–H and O–H groups in total. The molecule has 2 heterocycles. The maximum atomic E-state index is 13.3. The van der Waals surface area contributed by atoms with Crippen molar-refractivity contribution in [3.8, 4) is 0 Å². The number of hydrogen-bond donors (Lipinski definition) is 0. The van der Waals surface area contributed by atoms with Crippen molar-refractivity contribution in [1.82, 2.24) is 10.1 Å². The molecular weight excluding hydrogens is 428 g/mol. The van der Waals surface area contributed by atoms with E-state index in [1.165, 1.54) is 0 Å². The molecule has 2 aromatic rings. The molecule has 0 radical (unpaired) electrons. The summed E-state index contributed by atoms with van der Waals surface area (Å²) < 4.78 is 5.57. The zero-order chi connectivity index (χ0) is 23.9. The maximum absolute atomic E-state index is 13.3. The van der Waals surface area contributed by atoms with Gasteiger partial charge in [-0.2, -0.15) is 0 Å². The smallest absolute Gasteiger partial charge is 0.168 e. The molecule has 3 aliphatic rings. The van der Waals surface area contributed by atoms with Gasteiger partial charge in [0.05, 0.1) is 16.8 Å². The van der Waals surface area contributed by atoms with Gasteiger partial charge in [-0.25, -0.2) is 0 Å². The number of carbonyl (C=O) groups is 3. The number of Topliss-reactive ketones (excluding diaryl/α,β-unsaturated/α-hetero) is 3. The van der Waals surface area contributed by atoms with Crippen molar-refractivity contribution in [3.05, 3.63) is 64.2 Å². The molecule has 6 heteroatoms. The number of nitrogens with zero attached hydrogens (tertiary/aromatic N) is 2. The van der Waals surface area contributed by atoms with Gasteiger partial charge < -0.3 is 9.42 Å². The van der Waals surface area contributed by atoms with Crippen LogP contribution in [0.2, 0.25) is 0 Å². The Morgan fingerprint density at radius 2 is 1.68 bits per heavy atom. The van der Waals surface area contributed by atoms with Crippen molar-refractivity contribution in [2.24, 2.45) is 5.41 Å². The van der Waals surface area contributed by atoms with Gasteiger partial charge >= 0.3 is 0 Å². The van der Waals surface area contributed by atoms with Crippen molar-refractivity contribution in [2.45, 2.75) is 71.1 Å². The van der Waals surface area contributed by atoms with E-state index < -0.39 is 0 Å². The molecule has 2 aliphatic carbocycles. The third-order valence-corrected chi connectivity index (χ3v) is 7.46. The minimum absolute atomic E-state index is 0.0617. The van der Waals surface area contributed by atoms with Crippen LogP contribution in [0.1, 0.15) is 85.7 Å². The quantitative estimate of drug-likeness (QED) is 0.470. The second-order valence-corrected chi connectivity index (χ2v) is 10.7. The van der Waals surface area contributed by atoms with Crippen molar-refractivity contribution >= 4 is 17.3 Å². The van der Waals surface area contributed by atoms with Crippen molar-refractivity contribution in [3.63, 3.8) is 0 Å². The van der Waals surface area contributed by atoms with Gasteiger partial charge in [0.25, 0.3) is 0 Å². The van der Waals surface area contributed by atoms with E-state index in [9.17, 15) is 14.4 Å². The summed E-state index contributed by atoms with van der Waals surface area (Å²) in [6, 6.07) is 9.83. The average Bonchev–Trinajstić information content (AvgIpc) is 3.45. The van der Waals surface area contributed by atoms with Crippen LogP contribution in [0.5, 0.6) is 0 Å². The lowest BCUT2D eigenvalue weighted by Gasteiger charge is -2.29. The molecule has 1 saturated carbocycles. The Bertz CT molecular complexity index is 1130. The number of aryl methyl sites for hydroxylation is 1. The van der Waals surface area contributed by atoms with Crippen LogP contribution >= 0.6 is 0 Å². The van der Waals surface area contributed by atoms with Crippen LogP contribution in [-0.4, -0.2) is 40.5 Å². The molecule has 6 nitrogen and oxygen atoms in total. The molecule has 0 unspecified atom stereocenters. The molecule has 1 aliphatic heterocycles. The van der Waals surface area contributed by atoms with Crippen LogP contribution in [0.25, 0.3) is 0 Å². The van der Waals surface area contributed by atoms with E-state index in [1.54, 1.807) is 0 Å². The standard InChI is InChI=1S/C28H32N2O4/c1-28(2)16-24(33)26-20(29-34-25(26)17-28)10-11-21(30-12-6-7-13-30)27-22(31)14-19(15-23(27)32)18-8-4-3-5-9-18/h3-5,8-9,19H,6-7,10-17H2,1-2H3. The molecule has 0 spiro atoms. The van der Waals surface area contributed by atoms with Gasteiger partial charge in [-0.05, 0) is 42.6 Å². The summed E-state index contributed by atoms with van der Waals surface area (Å²) in [7, 11) is 0. The molecule has 5 rings (SSSR count). The predicted molar refractivity (Wildman–Crippen MR) is 128 cm³/mol. The Hall–Kier alpha value is -3.02. The highest BCUT2D eigenvalue weighted by Crippen LogP contribution is 2.38. The first-order valence-corrected chi connectivity index (χ1v) is 12.4. The van der Waals surface area contributed by atoms with Crippen LogP contribution in [-0.2, 0) is 22.4 Å². The summed E-state index contributed by atoms with van der Waals surface area (Å²) in [6.07, 6.45) is 4.99. The third-order valence-electron chi connectivity index (χ3n) is 7.46. The lowest BCUT2D eigenvalue weighted by molar-refractivity contribution is -0.124. The molecule has 2 fully saturated rings. The van der Waals surface area contributed by atoms with E-state index in [2.05, 4.69) is 23.9 Å². The fourth-order valence-corrected chi connectivity index (χ4v) is 5.82. The highest BCUT2D eigenvalue weighted by molar-refractivity contribution is 6.22. The van der Waals surface area contributed by atoms with Crippen molar-refractivity contribution in [1.29, 1.82) is 0 Å². The molecule has 178 valence electrons. The second-order valence-electron chi connectivity index (χ2n) is 10.7. The molecule has 0 bridgehead atoms. The van der Waals surface area contributed by atoms with Gasteiger partial charge in [0, 0.05) is 44.5 Å². The van der Waals surface area contributed by atoms with Gasteiger partial charge in [0.15, 0.2) is 17.3 Å². The zero-order valence-electron chi connectivity index (χ0n) is 20.1. The number of rotatable bonds is 5. The first-order chi connectivity index (χ1) is 16.3. The monoisotopic (exact) mass is 460 g/mol. The largest absolute Gasteiger partial charge is 0.374 e. The zero-order valence-corrected chi connectivity index (χ0v) is 20.1. The van der Waals surface area contributed by atoms with Gasteiger partial charge in [-0.1, -0.05) is 49.3 Å². The number of hydrogen-bond acceptors (Lipinski definition) is 6. The van der Waals surface area contributed by atoms with Crippen LogP contribution < -0.4 is 0 Å². The minimum atomic E-state index is -0.125. The first-order valence-electron chi connectivity index (χ1n) is 12.4. The van der Waals surface area contributed by atoms with Gasteiger partial charge in [-0.15, -0.1) is 0 Å². The molecule has 0 atom stereocenters.